The monoisotopic (exact) mass is 173 g/mol. The Kier molecular flexibility index (Phi) is 1.71. The maximum Gasteiger partial charge on any atom is 0.407 e. The second-order valence-corrected chi connectivity index (χ2v) is 4.24. The van der Waals surface area contributed by atoms with Crippen LogP contribution in [-0.2, 0) is 4.74 Å². The standard InChI is InChI=1S/C7H11NO2S/c9-6-8-7(4-10-6)2-1-3-11-5-7/h1-5H2,(H,8,9). The molecule has 2 heterocycles. The van der Waals surface area contributed by atoms with E-state index in [1.807, 2.05) is 11.8 Å². The first kappa shape index (κ1) is 7.28. The molecule has 0 radical (unpaired) electrons. The van der Waals surface area contributed by atoms with E-state index in [2.05, 4.69) is 5.32 Å². The van der Waals surface area contributed by atoms with Crippen LogP contribution in [0.5, 0.6) is 0 Å². The van der Waals surface area contributed by atoms with E-state index in [0.717, 1.165) is 12.2 Å². The number of hydrogen-bond acceptors (Lipinski definition) is 3. The molecule has 0 saturated carbocycles. The van der Waals surface area contributed by atoms with Gasteiger partial charge in [-0.05, 0) is 18.6 Å². The van der Waals surface area contributed by atoms with Crippen LogP contribution in [0.25, 0.3) is 0 Å². The van der Waals surface area contributed by atoms with Gasteiger partial charge in [-0.3, -0.25) is 0 Å². The molecule has 2 fully saturated rings. The summed E-state index contributed by atoms with van der Waals surface area (Å²) in [6, 6.07) is 0. The number of amides is 1. The summed E-state index contributed by atoms with van der Waals surface area (Å²) in [6.07, 6.45) is 2.02. The number of cyclic esters (lactones) is 1. The molecule has 0 aromatic rings. The number of carbonyl (C=O) groups excluding carboxylic acids is 1. The lowest BCUT2D eigenvalue weighted by Gasteiger charge is -2.29. The van der Waals surface area contributed by atoms with Crippen molar-refractivity contribution in [3.8, 4) is 0 Å². The van der Waals surface area contributed by atoms with Crippen LogP contribution in [0.15, 0.2) is 0 Å². The zero-order valence-electron chi connectivity index (χ0n) is 6.26. The Morgan fingerprint density at radius 1 is 1.64 bits per heavy atom. The molecule has 2 rings (SSSR count). The van der Waals surface area contributed by atoms with E-state index < -0.39 is 0 Å². The number of nitrogens with one attached hydrogen (secondary N) is 1. The number of alkyl carbamates (subject to hydrolysis) is 1. The molecule has 3 nitrogen and oxygen atoms in total. The summed E-state index contributed by atoms with van der Waals surface area (Å²) in [5.41, 5.74) is -0.0139. The highest BCUT2D eigenvalue weighted by molar-refractivity contribution is 7.99. The van der Waals surface area contributed by atoms with Gasteiger partial charge in [-0.2, -0.15) is 11.8 Å². The molecular formula is C7H11NO2S. The van der Waals surface area contributed by atoms with E-state index in [9.17, 15) is 4.79 Å². The van der Waals surface area contributed by atoms with Gasteiger partial charge >= 0.3 is 6.09 Å². The third kappa shape index (κ3) is 1.31. The minimum atomic E-state index is -0.243. The number of rotatable bonds is 0. The molecule has 1 N–H and O–H groups in total. The normalized spacial score (nSPS) is 36.9. The lowest BCUT2D eigenvalue weighted by Crippen LogP contribution is -2.47. The SMILES string of the molecule is O=C1NC2(CCCSC2)CO1. The quantitative estimate of drug-likeness (QED) is 0.593. The van der Waals surface area contributed by atoms with Gasteiger partial charge in [0.1, 0.15) is 6.61 Å². The van der Waals surface area contributed by atoms with Gasteiger partial charge in [0.05, 0.1) is 5.54 Å². The van der Waals surface area contributed by atoms with Crippen LogP contribution in [0.2, 0.25) is 0 Å². The summed E-state index contributed by atoms with van der Waals surface area (Å²) in [4.78, 5) is 10.8. The number of thioether (sulfide) groups is 1. The van der Waals surface area contributed by atoms with Crippen LogP contribution in [0.3, 0.4) is 0 Å². The van der Waals surface area contributed by atoms with E-state index >= 15 is 0 Å². The second kappa shape index (κ2) is 2.59. The van der Waals surface area contributed by atoms with Crippen molar-refractivity contribution in [2.45, 2.75) is 18.4 Å². The van der Waals surface area contributed by atoms with Gasteiger partial charge in [0.2, 0.25) is 0 Å². The molecule has 62 valence electrons. The highest BCUT2D eigenvalue weighted by atomic mass is 32.2. The molecule has 0 bridgehead atoms. The number of hydrogen-bond donors (Lipinski definition) is 1. The van der Waals surface area contributed by atoms with Crippen molar-refractivity contribution < 1.29 is 9.53 Å². The second-order valence-electron chi connectivity index (χ2n) is 3.14. The lowest BCUT2D eigenvalue weighted by atomic mass is 9.98. The average Bonchev–Trinajstić information content (AvgIpc) is 2.34. The number of carbonyl (C=O) groups is 1. The van der Waals surface area contributed by atoms with Crippen molar-refractivity contribution in [2.24, 2.45) is 0 Å². The molecule has 1 atom stereocenters. The summed E-state index contributed by atoms with van der Waals surface area (Å²) in [6.45, 7) is 0.568. The van der Waals surface area contributed by atoms with Crippen LogP contribution in [0.4, 0.5) is 4.79 Å². The molecule has 4 heteroatoms. The molecule has 1 unspecified atom stereocenters. The minimum Gasteiger partial charge on any atom is -0.447 e. The molecular weight excluding hydrogens is 162 g/mol. The van der Waals surface area contributed by atoms with Crippen molar-refractivity contribution >= 4 is 17.9 Å². The van der Waals surface area contributed by atoms with Crippen molar-refractivity contribution in [3.05, 3.63) is 0 Å². The largest absolute Gasteiger partial charge is 0.447 e. The molecule has 0 aromatic heterocycles. The smallest absolute Gasteiger partial charge is 0.407 e. The average molecular weight is 173 g/mol. The maximum absolute atomic E-state index is 10.8. The van der Waals surface area contributed by atoms with Crippen LogP contribution in [0.1, 0.15) is 12.8 Å². The van der Waals surface area contributed by atoms with Gasteiger partial charge < -0.3 is 10.1 Å². The van der Waals surface area contributed by atoms with Gasteiger partial charge in [-0.1, -0.05) is 0 Å². The summed E-state index contributed by atoms with van der Waals surface area (Å²) < 4.78 is 4.88. The highest BCUT2D eigenvalue weighted by Gasteiger charge is 2.40. The fraction of sp³-hybridized carbons (Fsp3) is 0.857. The third-order valence-electron chi connectivity index (χ3n) is 2.17. The molecule has 0 aromatic carbocycles. The van der Waals surface area contributed by atoms with Crippen LogP contribution in [-0.4, -0.2) is 29.7 Å². The summed E-state index contributed by atoms with van der Waals surface area (Å²) in [5, 5.41) is 2.89. The van der Waals surface area contributed by atoms with Gasteiger partial charge in [0.15, 0.2) is 0 Å². The Labute approximate surface area is 69.9 Å². The van der Waals surface area contributed by atoms with E-state index in [4.69, 9.17) is 4.74 Å². The van der Waals surface area contributed by atoms with Gasteiger partial charge in [0, 0.05) is 5.75 Å². The van der Waals surface area contributed by atoms with E-state index in [-0.39, 0.29) is 11.6 Å². The Bertz CT molecular complexity index is 177. The van der Waals surface area contributed by atoms with Crippen LogP contribution < -0.4 is 5.32 Å². The summed E-state index contributed by atoms with van der Waals surface area (Å²) in [5.74, 6) is 2.23. The van der Waals surface area contributed by atoms with Crippen LogP contribution in [0, 0.1) is 0 Å². The lowest BCUT2D eigenvalue weighted by molar-refractivity contribution is 0.172. The molecule has 1 amide bonds. The Morgan fingerprint density at radius 2 is 2.55 bits per heavy atom. The Balaban J connectivity index is 2.03. The molecule has 2 saturated heterocycles. The molecule has 1 spiro atoms. The predicted molar refractivity (Wildman–Crippen MR) is 43.8 cm³/mol. The van der Waals surface area contributed by atoms with Gasteiger partial charge in [-0.15, -0.1) is 0 Å². The van der Waals surface area contributed by atoms with E-state index in [1.165, 1.54) is 12.2 Å². The predicted octanol–water partition coefficient (Wildman–Crippen LogP) is 0.992. The van der Waals surface area contributed by atoms with Crippen molar-refractivity contribution in [2.75, 3.05) is 18.1 Å². The Morgan fingerprint density at radius 3 is 3.09 bits per heavy atom. The van der Waals surface area contributed by atoms with Crippen molar-refractivity contribution in [3.63, 3.8) is 0 Å². The molecule has 2 aliphatic rings. The first-order valence-electron chi connectivity index (χ1n) is 3.83. The van der Waals surface area contributed by atoms with Gasteiger partial charge in [0.25, 0.3) is 0 Å². The topological polar surface area (TPSA) is 38.3 Å². The number of ether oxygens (including phenoxy) is 1. The zero-order chi connectivity index (χ0) is 7.73. The van der Waals surface area contributed by atoms with E-state index in [1.54, 1.807) is 0 Å². The summed E-state index contributed by atoms with van der Waals surface area (Å²) >= 11 is 1.90. The fourth-order valence-electron chi connectivity index (χ4n) is 1.56. The van der Waals surface area contributed by atoms with E-state index in [0.29, 0.717) is 6.61 Å². The first-order chi connectivity index (χ1) is 5.31. The third-order valence-corrected chi connectivity index (χ3v) is 3.50. The van der Waals surface area contributed by atoms with Gasteiger partial charge in [-0.25, -0.2) is 4.79 Å². The maximum atomic E-state index is 10.8. The summed E-state index contributed by atoms with van der Waals surface area (Å²) in [7, 11) is 0. The van der Waals surface area contributed by atoms with Crippen molar-refractivity contribution in [1.82, 2.24) is 5.32 Å². The molecule has 2 aliphatic heterocycles. The highest BCUT2D eigenvalue weighted by Crippen LogP contribution is 2.29. The fourth-order valence-corrected chi connectivity index (χ4v) is 2.74. The molecule has 0 aliphatic carbocycles. The molecule has 11 heavy (non-hydrogen) atoms. The Hall–Kier alpha value is -0.380. The first-order valence-corrected chi connectivity index (χ1v) is 4.99. The minimum absolute atomic E-state index is 0.0139. The van der Waals surface area contributed by atoms with Crippen molar-refractivity contribution in [1.29, 1.82) is 0 Å². The van der Waals surface area contributed by atoms with Crippen LogP contribution >= 0.6 is 11.8 Å². The zero-order valence-corrected chi connectivity index (χ0v) is 7.08.